The summed E-state index contributed by atoms with van der Waals surface area (Å²) >= 11 is 0. The lowest BCUT2D eigenvalue weighted by molar-refractivity contribution is 0.0137. The van der Waals surface area contributed by atoms with Crippen LogP contribution in [-0.4, -0.2) is 79.9 Å². The Morgan fingerprint density at radius 3 is 2.70 bits per heavy atom. The molecule has 1 aromatic rings. The van der Waals surface area contributed by atoms with Crippen molar-refractivity contribution >= 4 is 12.1 Å². The van der Waals surface area contributed by atoms with Crippen LogP contribution in [0.1, 0.15) is 32.8 Å². The SMILES string of the molecule is COc1ccc(COCCCNC2=NCC3CN(C(=O)OC(C)(C)C)CCN23)cc1. The molecule has 1 atom stereocenters. The predicted octanol–water partition coefficient (Wildman–Crippen LogP) is 2.48. The lowest BCUT2D eigenvalue weighted by Gasteiger charge is -2.39. The number of carbonyl (C=O) groups is 1. The summed E-state index contributed by atoms with van der Waals surface area (Å²) in [6.45, 7) is 10.5. The molecule has 0 aliphatic carbocycles. The zero-order valence-corrected chi connectivity index (χ0v) is 18.5. The first-order chi connectivity index (χ1) is 14.4. The standard InChI is InChI=1S/C22H34N4O4/c1-22(2,3)30-21(27)25-11-12-26-18(15-25)14-24-20(26)23-10-5-13-29-16-17-6-8-19(28-4)9-7-17/h6-9,18H,5,10-16H2,1-4H3,(H,23,24). The van der Waals surface area contributed by atoms with Crippen LogP contribution in [0.2, 0.25) is 0 Å². The first-order valence-corrected chi connectivity index (χ1v) is 10.6. The van der Waals surface area contributed by atoms with Crippen molar-refractivity contribution < 1.29 is 19.0 Å². The number of aliphatic imine (C=N–C) groups is 1. The normalized spacial score (nSPS) is 18.7. The summed E-state index contributed by atoms with van der Waals surface area (Å²) in [5.74, 6) is 1.78. The van der Waals surface area contributed by atoms with Gasteiger partial charge in [-0.1, -0.05) is 12.1 Å². The summed E-state index contributed by atoms with van der Waals surface area (Å²) in [5, 5.41) is 3.42. The Labute approximate surface area is 179 Å². The summed E-state index contributed by atoms with van der Waals surface area (Å²) in [4.78, 5) is 21.0. The lowest BCUT2D eigenvalue weighted by atomic mass is 10.2. The second-order valence-corrected chi connectivity index (χ2v) is 8.62. The van der Waals surface area contributed by atoms with Gasteiger partial charge in [0.2, 0.25) is 0 Å². The molecule has 1 amide bonds. The maximum atomic E-state index is 12.3. The third kappa shape index (κ3) is 6.26. The topological polar surface area (TPSA) is 75.6 Å². The highest BCUT2D eigenvalue weighted by Crippen LogP contribution is 2.18. The molecule has 1 aromatic carbocycles. The first-order valence-electron chi connectivity index (χ1n) is 10.6. The molecule has 0 spiro atoms. The quantitative estimate of drug-likeness (QED) is 0.686. The van der Waals surface area contributed by atoms with Crippen LogP contribution in [0.15, 0.2) is 29.3 Å². The minimum Gasteiger partial charge on any atom is -0.497 e. The highest BCUT2D eigenvalue weighted by Gasteiger charge is 2.36. The van der Waals surface area contributed by atoms with Gasteiger partial charge >= 0.3 is 6.09 Å². The van der Waals surface area contributed by atoms with Crippen molar-refractivity contribution in [3.8, 4) is 5.75 Å². The minimum absolute atomic E-state index is 0.222. The van der Waals surface area contributed by atoms with Crippen molar-refractivity contribution in [1.82, 2.24) is 15.1 Å². The number of carbonyl (C=O) groups excluding carboxylic acids is 1. The van der Waals surface area contributed by atoms with Gasteiger partial charge in [0.15, 0.2) is 5.96 Å². The van der Waals surface area contributed by atoms with Crippen molar-refractivity contribution in [3.05, 3.63) is 29.8 Å². The van der Waals surface area contributed by atoms with Crippen molar-refractivity contribution in [2.24, 2.45) is 4.99 Å². The summed E-state index contributed by atoms with van der Waals surface area (Å²) in [5.41, 5.74) is 0.664. The van der Waals surface area contributed by atoms with E-state index < -0.39 is 5.60 Å². The molecule has 8 heteroatoms. The molecule has 1 N–H and O–H groups in total. The van der Waals surface area contributed by atoms with E-state index in [1.165, 1.54) is 0 Å². The fourth-order valence-corrected chi connectivity index (χ4v) is 3.51. The van der Waals surface area contributed by atoms with Crippen LogP contribution < -0.4 is 10.1 Å². The fourth-order valence-electron chi connectivity index (χ4n) is 3.51. The van der Waals surface area contributed by atoms with E-state index in [0.29, 0.717) is 32.8 Å². The van der Waals surface area contributed by atoms with Gasteiger partial charge in [-0.15, -0.1) is 0 Å². The van der Waals surface area contributed by atoms with Gasteiger partial charge in [0.1, 0.15) is 11.4 Å². The number of benzene rings is 1. The van der Waals surface area contributed by atoms with Crippen molar-refractivity contribution in [3.63, 3.8) is 0 Å². The Morgan fingerprint density at radius 1 is 1.23 bits per heavy atom. The molecule has 8 nitrogen and oxygen atoms in total. The van der Waals surface area contributed by atoms with Gasteiger partial charge < -0.3 is 29.3 Å². The highest BCUT2D eigenvalue weighted by atomic mass is 16.6. The van der Waals surface area contributed by atoms with Gasteiger partial charge in [-0.25, -0.2) is 4.79 Å². The largest absolute Gasteiger partial charge is 0.497 e. The molecule has 0 saturated carbocycles. The third-order valence-electron chi connectivity index (χ3n) is 5.03. The van der Waals surface area contributed by atoms with Gasteiger partial charge in [-0.3, -0.25) is 4.99 Å². The second-order valence-electron chi connectivity index (χ2n) is 8.62. The zero-order chi connectivity index (χ0) is 21.6. The molecule has 1 unspecified atom stereocenters. The van der Waals surface area contributed by atoms with E-state index in [9.17, 15) is 4.79 Å². The van der Waals surface area contributed by atoms with Crippen LogP contribution in [0.3, 0.4) is 0 Å². The molecule has 1 fully saturated rings. The van der Waals surface area contributed by atoms with E-state index in [2.05, 4.69) is 15.2 Å². The summed E-state index contributed by atoms with van der Waals surface area (Å²) in [7, 11) is 1.66. The number of guanidine groups is 1. The Kier molecular flexibility index (Phi) is 7.42. The van der Waals surface area contributed by atoms with Gasteiger partial charge in [0, 0.05) is 32.8 Å². The maximum absolute atomic E-state index is 12.3. The number of hydrogen-bond acceptors (Lipinski definition) is 7. The number of rotatable bonds is 7. The predicted molar refractivity (Wildman–Crippen MR) is 116 cm³/mol. The molecule has 166 valence electrons. The van der Waals surface area contributed by atoms with Crippen LogP contribution in [-0.2, 0) is 16.1 Å². The van der Waals surface area contributed by atoms with Crippen LogP contribution in [0, 0.1) is 0 Å². The van der Waals surface area contributed by atoms with E-state index in [0.717, 1.165) is 36.8 Å². The Balaban J connectivity index is 1.31. The van der Waals surface area contributed by atoms with E-state index >= 15 is 0 Å². The molecule has 30 heavy (non-hydrogen) atoms. The number of fused-ring (bicyclic) bond motifs is 1. The van der Waals surface area contributed by atoms with Crippen molar-refractivity contribution in [1.29, 1.82) is 0 Å². The first kappa shape index (κ1) is 22.2. The number of ether oxygens (including phenoxy) is 3. The summed E-state index contributed by atoms with van der Waals surface area (Å²) in [6.07, 6.45) is 0.662. The average Bonchev–Trinajstić information content (AvgIpc) is 3.12. The molecular weight excluding hydrogens is 384 g/mol. The van der Waals surface area contributed by atoms with Gasteiger partial charge in [0.05, 0.1) is 26.3 Å². The molecule has 0 aromatic heterocycles. The maximum Gasteiger partial charge on any atom is 0.410 e. The zero-order valence-electron chi connectivity index (χ0n) is 18.5. The van der Waals surface area contributed by atoms with Gasteiger partial charge in [0.25, 0.3) is 0 Å². The summed E-state index contributed by atoms with van der Waals surface area (Å²) < 4.78 is 16.4. The van der Waals surface area contributed by atoms with Crippen LogP contribution in [0.4, 0.5) is 4.79 Å². The van der Waals surface area contributed by atoms with Crippen LogP contribution in [0.25, 0.3) is 0 Å². The molecule has 1 saturated heterocycles. The third-order valence-corrected chi connectivity index (χ3v) is 5.03. The minimum atomic E-state index is -0.470. The number of piperazine rings is 1. The second kappa shape index (κ2) is 10.0. The monoisotopic (exact) mass is 418 g/mol. The smallest absolute Gasteiger partial charge is 0.410 e. The van der Waals surface area contributed by atoms with E-state index in [4.69, 9.17) is 14.2 Å². The van der Waals surface area contributed by atoms with Crippen LogP contribution >= 0.6 is 0 Å². The highest BCUT2D eigenvalue weighted by molar-refractivity contribution is 5.82. The Hall–Kier alpha value is -2.48. The molecule has 0 radical (unpaired) electrons. The molecule has 2 aliphatic rings. The van der Waals surface area contributed by atoms with E-state index in [1.54, 1.807) is 12.0 Å². The number of hydrogen-bond donors (Lipinski definition) is 1. The fraction of sp³-hybridized carbons (Fsp3) is 0.636. The molecule has 3 rings (SSSR count). The van der Waals surface area contributed by atoms with Gasteiger partial charge in [-0.05, 0) is 44.9 Å². The van der Waals surface area contributed by atoms with Crippen molar-refractivity contribution in [2.45, 2.75) is 45.4 Å². The molecule has 0 bridgehead atoms. The van der Waals surface area contributed by atoms with Crippen LogP contribution in [0.5, 0.6) is 5.75 Å². The van der Waals surface area contributed by atoms with Crippen molar-refractivity contribution in [2.75, 3.05) is 46.4 Å². The summed E-state index contributed by atoms with van der Waals surface area (Å²) in [6, 6.07) is 8.14. The number of methoxy groups -OCH3 is 1. The Bertz CT molecular complexity index is 730. The number of amides is 1. The number of nitrogens with one attached hydrogen (secondary N) is 1. The molecule has 2 heterocycles. The van der Waals surface area contributed by atoms with E-state index in [1.807, 2.05) is 45.0 Å². The average molecular weight is 419 g/mol. The van der Waals surface area contributed by atoms with Gasteiger partial charge in [-0.2, -0.15) is 0 Å². The lowest BCUT2D eigenvalue weighted by Crippen LogP contribution is -2.57. The van der Waals surface area contributed by atoms with E-state index in [-0.39, 0.29) is 12.1 Å². The molecular formula is C22H34N4O4. The molecule has 2 aliphatic heterocycles. The number of nitrogens with zero attached hydrogens (tertiary/aromatic N) is 3. The Morgan fingerprint density at radius 2 is 2.00 bits per heavy atom.